The SMILES string of the molecule is CSc1nc(NCc2ccc(Cl)cc2)c2cnn(CCNC(=O)O)c2n1. The Hall–Kier alpha value is -2.52. The standard InChI is InChI=1S/C16H17ClN6O2S/c1-26-15-21-13(19-8-10-2-4-11(17)5-3-10)12-9-20-23(14(12)22-15)7-6-18-16(24)25/h2-5,9,18H,6-8H2,1H3,(H,24,25)(H,19,21,22). The molecule has 0 aliphatic rings. The van der Waals surface area contributed by atoms with Crippen molar-refractivity contribution in [2.24, 2.45) is 0 Å². The van der Waals surface area contributed by atoms with Gasteiger partial charge in [0, 0.05) is 18.1 Å². The van der Waals surface area contributed by atoms with E-state index >= 15 is 0 Å². The fourth-order valence-corrected chi connectivity index (χ4v) is 2.87. The maximum atomic E-state index is 10.6. The van der Waals surface area contributed by atoms with E-state index < -0.39 is 6.09 Å². The van der Waals surface area contributed by atoms with Gasteiger partial charge in [0.2, 0.25) is 0 Å². The summed E-state index contributed by atoms with van der Waals surface area (Å²) in [5, 5.41) is 20.7. The van der Waals surface area contributed by atoms with Gasteiger partial charge in [0.1, 0.15) is 5.82 Å². The molecule has 2 aromatic heterocycles. The largest absolute Gasteiger partial charge is 0.465 e. The number of nitrogens with one attached hydrogen (secondary N) is 2. The summed E-state index contributed by atoms with van der Waals surface area (Å²) in [4.78, 5) is 19.6. The highest BCUT2D eigenvalue weighted by Gasteiger charge is 2.13. The van der Waals surface area contributed by atoms with Crippen LogP contribution >= 0.6 is 23.4 Å². The Kier molecular flexibility index (Phi) is 5.79. The molecule has 0 bridgehead atoms. The van der Waals surface area contributed by atoms with Gasteiger partial charge in [-0.25, -0.2) is 19.4 Å². The lowest BCUT2D eigenvalue weighted by atomic mass is 10.2. The van der Waals surface area contributed by atoms with Crippen LogP contribution in [0, 0.1) is 0 Å². The van der Waals surface area contributed by atoms with Crippen molar-refractivity contribution in [3.63, 3.8) is 0 Å². The quantitative estimate of drug-likeness (QED) is 0.419. The topological polar surface area (TPSA) is 105 Å². The number of fused-ring (bicyclic) bond motifs is 1. The highest BCUT2D eigenvalue weighted by Crippen LogP contribution is 2.24. The number of amides is 1. The molecule has 3 rings (SSSR count). The second kappa shape index (κ2) is 8.24. The van der Waals surface area contributed by atoms with Crippen LogP contribution in [0.5, 0.6) is 0 Å². The number of anilines is 1. The first-order valence-corrected chi connectivity index (χ1v) is 9.39. The van der Waals surface area contributed by atoms with Gasteiger partial charge in [-0.05, 0) is 24.0 Å². The van der Waals surface area contributed by atoms with Crippen LogP contribution < -0.4 is 10.6 Å². The molecule has 10 heteroatoms. The van der Waals surface area contributed by atoms with Gasteiger partial charge in [-0.3, -0.25) is 0 Å². The van der Waals surface area contributed by atoms with E-state index in [9.17, 15) is 4.79 Å². The maximum absolute atomic E-state index is 10.6. The second-order valence-electron chi connectivity index (χ2n) is 5.38. The molecule has 8 nitrogen and oxygen atoms in total. The van der Waals surface area contributed by atoms with Gasteiger partial charge >= 0.3 is 6.09 Å². The summed E-state index contributed by atoms with van der Waals surface area (Å²) < 4.78 is 1.67. The zero-order valence-electron chi connectivity index (χ0n) is 13.9. The smallest absolute Gasteiger partial charge is 0.404 e. The molecular formula is C16H17ClN6O2S. The van der Waals surface area contributed by atoms with Crippen LogP contribution in [0.15, 0.2) is 35.6 Å². The molecule has 0 radical (unpaired) electrons. The van der Waals surface area contributed by atoms with Gasteiger partial charge in [0.05, 0.1) is 18.1 Å². The molecule has 3 aromatic rings. The third-order valence-corrected chi connectivity index (χ3v) is 4.43. The van der Waals surface area contributed by atoms with Crippen LogP contribution in [0.2, 0.25) is 5.02 Å². The van der Waals surface area contributed by atoms with E-state index in [1.165, 1.54) is 11.8 Å². The molecular weight excluding hydrogens is 376 g/mol. The van der Waals surface area contributed by atoms with E-state index in [0.717, 1.165) is 10.9 Å². The van der Waals surface area contributed by atoms with Crippen molar-refractivity contribution in [2.45, 2.75) is 18.2 Å². The van der Waals surface area contributed by atoms with Crippen molar-refractivity contribution < 1.29 is 9.90 Å². The van der Waals surface area contributed by atoms with Gasteiger partial charge in [-0.1, -0.05) is 35.5 Å². The molecule has 0 aliphatic heterocycles. The van der Waals surface area contributed by atoms with Crippen LogP contribution in [0.25, 0.3) is 11.0 Å². The third-order valence-electron chi connectivity index (χ3n) is 3.63. The van der Waals surface area contributed by atoms with E-state index in [4.69, 9.17) is 16.7 Å². The van der Waals surface area contributed by atoms with E-state index in [1.807, 2.05) is 30.5 Å². The highest BCUT2D eigenvalue weighted by molar-refractivity contribution is 7.98. The maximum Gasteiger partial charge on any atom is 0.404 e. The van der Waals surface area contributed by atoms with Gasteiger partial charge in [-0.2, -0.15) is 5.10 Å². The predicted molar refractivity (Wildman–Crippen MR) is 102 cm³/mol. The first kappa shape index (κ1) is 18.3. The van der Waals surface area contributed by atoms with Crippen LogP contribution in [-0.4, -0.2) is 43.7 Å². The number of carboxylic acid groups (broad SMARTS) is 1. The van der Waals surface area contributed by atoms with Crippen molar-refractivity contribution in [1.29, 1.82) is 0 Å². The first-order chi connectivity index (χ1) is 12.6. The van der Waals surface area contributed by atoms with Gasteiger partial charge < -0.3 is 15.7 Å². The number of aromatic nitrogens is 4. The lowest BCUT2D eigenvalue weighted by molar-refractivity contribution is 0.194. The first-order valence-electron chi connectivity index (χ1n) is 7.79. The summed E-state index contributed by atoms with van der Waals surface area (Å²) in [6.07, 6.45) is 2.52. The normalized spacial score (nSPS) is 10.8. The molecule has 0 aliphatic carbocycles. The van der Waals surface area contributed by atoms with Crippen LogP contribution in [0.1, 0.15) is 5.56 Å². The lowest BCUT2D eigenvalue weighted by Gasteiger charge is -2.09. The number of halogens is 1. The molecule has 26 heavy (non-hydrogen) atoms. The Balaban J connectivity index is 1.83. The Morgan fingerprint density at radius 3 is 2.77 bits per heavy atom. The van der Waals surface area contributed by atoms with E-state index in [0.29, 0.717) is 34.7 Å². The highest BCUT2D eigenvalue weighted by atomic mass is 35.5. The van der Waals surface area contributed by atoms with Crippen molar-refractivity contribution in [1.82, 2.24) is 25.1 Å². The summed E-state index contributed by atoms with van der Waals surface area (Å²) in [7, 11) is 0. The summed E-state index contributed by atoms with van der Waals surface area (Å²) in [5.74, 6) is 0.687. The molecule has 1 amide bonds. The average molecular weight is 393 g/mol. The molecule has 1 aromatic carbocycles. The fraction of sp³-hybridized carbons (Fsp3) is 0.250. The summed E-state index contributed by atoms with van der Waals surface area (Å²) in [5.41, 5.74) is 1.74. The van der Waals surface area contributed by atoms with E-state index in [2.05, 4.69) is 25.7 Å². The summed E-state index contributed by atoms with van der Waals surface area (Å²) in [6.45, 7) is 1.22. The monoisotopic (exact) mass is 392 g/mol. The number of hydrogen-bond donors (Lipinski definition) is 3. The van der Waals surface area contributed by atoms with Crippen molar-refractivity contribution >= 4 is 46.3 Å². The fourth-order valence-electron chi connectivity index (χ4n) is 2.38. The number of rotatable bonds is 7. The molecule has 0 spiro atoms. The zero-order chi connectivity index (χ0) is 18.5. The lowest BCUT2D eigenvalue weighted by Crippen LogP contribution is -2.25. The van der Waals surface area contributed by atoms with Crippen LogP contribution in [-0.2, 0) is 13.1 Å². The molecule has 0 unspecified atom stereocenters. The van der Waals surface area contributed by atoms with Crippen molar-refractivity contribution in [2.75, 3.05) is 18.1 Å². The Morgan fingerprint density at radius 2 is 2.08 bits per heavy atom. The molecule has 0 saturated heterocycles. The number of hydrogen-bond acceptors (Lipinski definition) is 6. The number of nitrogens with zero attached hydrogens (tertiary/aromatic N) is 4. The predicted octanol–water partition coefficient (Wildman–Crippen LogP) is 3.08. The Labute approximate surface area is 159 Å². The number of thioether (sulfide) groups is 1. The molecule has 0 atom stereocenters. The number of benzene rings is 1. The average Bonchev–Trinajstić information content (AvgIpc) is 3.03. The summed E-state index contributed by atoms with van der Waals surface area (Å²) in [6, 6.07) is 7.58. The number of carbonyl (C=O) groups is 1. The molecule has 3 N–H and O–H groups in total. The zero-order valence-corrected chi connectivity index (χ0v) is 15.5. The van der Waals surface area contributed by atoms with E-state index in [1.54, 1.807) is 10.9 Å². The molecule has 136 valence electrons. The van der Waals surface area contributed by atoms with Crippen molar-refractivity contribution in [3.05, 3.63) is 41.0 Å². The van der Waals surface area contributed by atoms with Gasteiger partial charge in [-0.15, -0.1) is 0 Å². The Bertz CT molecular complexity index is 915. The second-order valence-corrected chi connectivity index (χ2v) is 6.59. The molecule has 2 heterocycles. The Morgan fingerprint density at radius 1 is 1.31 bits per heavy atom. The molecule has 0 saturated carbocycles. The summed E-state index contributed by atoms with van der Waals surface area (Å²) >= 11 is 7.35. The van der Waals surface area contributed by atoms with Gasteiger partial charge in [0.25, 0.3) is 0 Å². The van der Waals surface area contributed by atoms with E-state index in [-0.39, 0.29) is 6.54 Å². The minimum atomic E-state index is -1.06. The minimum absolute atomic E-state index is 0.248. The third kappa shape index (κ3) is 4.36. The van der Waals surface area contributed by atoms with Gasteiger partial charge in [0.15, 0.2) is 10.8 Å². The van der Waals surface area contributed by atoms with Crippen LogP contribution in [0.4, 0.5) is 10.6 Å². The molecule has 0 fully saturated rings. The minimum Gasteiger partial charge on any atom is -0.465 e. The van der Waals surface area contributed by atoms with Crippen molar-refractivity contribution in [3.8, 4) is 0 Å². The van der Waals surface area contributed by atoms with Crippen LogP contribution in [0.3, 0.4) is 0 Å².